The maximum absolute atomic E-state index is 11.6. The minimum atomic E-state index is -0.718. The van der Waals surface area contributed by atoms with Crippen LogP contribution < -0.4 is 10.1 Å². The number of ether oxygens (including phenoxy) is 3. The number of unbranched alkanes of at least 4 members (excludes halogenated alkanes) is 1. The van der Waals surface area contributed by atoms with Crippen molar-refractivity contribution >= 4 is 11.9 Å². The highest BCUT2D eigenvalue weighted by atomic mass is 16.6. The molecule has 0 aromatic heterocycles. The summed E-state index contributed by atoms with van der Waals surface area (Å²) in [5.74, 6) is -0.0541. The molecule has 138 valence electrons. The molecule has 0 aliphatic rings. The van der Waals surface area contributed by atoms with Crippen molar-refractivity contribution in [2.75, 3.05) is 26.4 Å². The third-order valence-electron chi connectivity index (χ3n) is 3.32. The second kappa shape index (κ2) is 12.1. The van der Waals surface area contributed by atoms with Crippen molar-refractivity contribution in [3.8, 4) is 5.75 Å². The molecule has 1 N–H and O–H groups in total. The van der Waals surface area contributed by atoms with Gasteiger partial charge in [0.2, 0.25) is 0 Å². The summed E-state index contributed by atoms with van der Waals surface area (Å²) in [5.41, 5.74) is 1.19. The number of carbonyl (C=O) groups is 2. The quantitative estimate of drug-likeness (QED) is 0.356. The first-order valence-electron chi connectivity index (χ1n) is 8.38. The molecule has 0 radical (unpaired) electrons. The molecule has 1 atom stereocenters. The molecule has 0 heterocycles. The molecule has 0 aliphatic carbocycles. The van der Waals surface area contributed by atoms with Crippen molar-refractivity contribution in [3.05, 3.63) is 42.5 Å². The maximum atomic E-state index is 11.6. The van der Waals surface area contributed by atoms with E-state index >= 15 is 0 Å². The summed E-state index contributed by atoms with van der Waals surface area (Å²) in [4.78, 5) is 23.1. The van der Waals surface area contributed by atoms with Crippen LogP contribution >= 0.6 is 0 Å². The predicted molar refractivity (Wildman–Crippen MR) is 95.5 cm³/mol. The second-order valence-electron chi connectivity index (χ2n) is 5.59. The molecule has 0 bridgehead atoms. The zero-order valence-corrected chi connectivity index (χ0v) is 15.0. The van der Waals surface area contributed by atoms with Gasteiger partial charge in [-0.25, -0.2) is 4.79 Å². The van der Waals surface area contributed by atoms with E-state index in [0.717, 1.165) is 18.6 Å². The van der Waals surface area contributed by atoms with E-state index in [-0.39, 0.29) is 19.1 Å². The van der Waals surface area contributed by atoms with E-state index < -0.39 is 12.1 Å². The highest BCUT2D eigenvalue weighted by molar-refractivity contribution is 5.81. The van der Waals surface area contributed by atoms with Crippen LogP contribution in [-0.2, 0) is 19.1 Å². The molecule has 6 heteroatoms. The van der Waals surface area contributed by atoms with Crippen molar-refractivity contribution in [3.63, 3.8) is 0 Å². The molecular weight excluding hydrogens is 322 g/mol. The molecule has 0 aliphatic heterocycles. The number of amides is 1. The van der Waals surface area contributed by atoms with Crippen LogP contribution in [0.2, 0.25) is 0 Å². The Bertz CT molecular complexity index is 541. The Hall–Kier alpha value is -2.34. The Labute approximate surface area is 149 Å². The van der Waals surface area contributed by atoms with Gasteiger partial charge in [-0.15, -0.1) is 6.58 Å². The van der Waals surface area contributed by atoms with E-state index in [1.165, 1.54) is 5.56 Å². The standard InChI is InChI=1S/C19H27NO5/c1-4-12-23-16(3)19(22)25-14-18(21)20-11-5-6-13-24-17-9-7-15(2)8-10-17/h4,7-10,16H,1,5-6,11-14H2,2-3H3,(H,20,21). The van der Waals surface area contributed by atoms with Crippen LogP contribution in [0.3, 0.4) is 0 Å². The minimum Gasteiger partial charge on any atom is -0.494 e. The number of hydrogen-bond acceptors (Lipinski definition) is 5. The van der Waals surface area contributed by atoms with Gasteiger partial charge in [0.15, 0.2) is 12.7 Å². The number of benzene rings is 1. The number of hydrogen-bond donors (Lipinski definition) is 1. The van der Waals surface area contributed by atoms with E-state index in [1.54, 1.807) is 13.0 Å². The number of rotatable bonds is 12. The summed E-state index contributed by atoms with van der Waals surface area (Å²) in [5, 5.41) is 2.70. The maximum Gasteiger partial charge on any atom is 0.335 e. The summed E-state index contributed by atoms with van der Waals surface area (Å²) >= 11 is 0. The van der Waals surface area contributed by atoms with Crippen LogP contribution in [0.5, 0.6) is 5.75 Å². The summed E-state index contributed by atoms with van der Waals surface area (Å²) in [6, 6.07) is 7.87. The van der Waals surface area contributed by atoms with Crippen molar-refractivity contribution in [2.45, 2.75) is 32.8 Å². The third-order valence-corrected chi connectivity index (χ3v) is 3.32. The first kappa shape index (κ1) is 20.7. The molecule has 0 spiro atoms. The highest BCUT2D eigenvalue weighted by Crippen LogP contribution is 2.11. The summed E-state index contributed by atoms with van der Waals surface area (Å²) in [6.07, 6.45) is 2.42. The van der Waals surface area contributed by atoms with Gasteiger partial charge in [-0.3, -0.25) is 4.79 Å². The van der Waals surface area contributed by atoms with Gasteiger partial charge in [0.05, 0.1) is 13.2 Å². The van der Waals surface area contributed by atoms with Gasteiger partial charge in [-0.2, -0.15) is 0 Å². The first-order chi connectivity index (χ1) is 12.0. The van der Waals surface area contributed by atoms with Crippen LogP contribution in [0.25, 0.3) is 0 Å². The van der Waals surface area contributed by atoms with Crippen LogP contribution in [0.15, 0.2) is 36.9 Å². The molecular formula is C19H27NO5. The molecule has 6 nitrogen and oxygen atoms in total. The summed E-state index contributed by atoms with van der Waals surface area (Å²) in [7, 11) is 0. The molecule has 1 aromatic rings. The molecule has 1 unspecified atom stereocenters. The molecule has 1 rings (SSSR count). The number of aryl methyl sites for hydroxylation is 1. The highest BCUT2D eigenvalue weighted by Gasteiger charge is 2.15. The molecule has 1 amide bonds. The molecule has 1 aromatic carbocycles. The van der Waals surface area contributed by atoms with Gasteiger partial charge in [0, 0.05) is 6.54 Å². The average Bonchev–Trinajstić information content (AvgIpc) is 2.61. The number of esters is 1. The SMILES string of the molecule is C=CCOC(C)C(=O)OCC(=O)NCCCCOc1ccc(C)cc1. The Morgan fingerprint density at radius 3 is 2.64 bits per heavy atom. The van der Waals surface area contributed by atoms with Crippen molar-refractivity contribution < 1.29 is 23.8 Å². The third kappa shape index (κ3) is 9.52. The smallest absolute Gasteiger partial charge is 0.335 e. The van der Waals surface area contributed by atoms with Crippen LogP contribution in [-0.4, -0.2) is 44.3 Å². The van der Waals surface area contributed by atoms with Crippen LogP contribution in [0, 0.1) is 6.92 Å². The van der Waals surface area contributed by atoms with Crippen molar-refractivity contribution in [1.29, 1.82) is 0 Å². The van der Waals surface area contributed by atoms with E-state index in [2.05, 4.69) is 11.9 Å². The van der Waals surface area contributed by atoms with Gasteiger partial charge in [-0.05, 0) is 38.8 Å². The molecule has 0 saturated heterocycles. The fourth-order valence-electron chi connectivity index (χ4n) is 1.86. The lowest BCUT2D eigenvalue weighted by Gasteiger charge is -2.11. The van der Waals surface area contributed by atoms with Gasteiger partial charge in [-0.1, -0.05) is 23.8 Å². The molecule has 25 heavy (non-hydrogen) atoms. The minimum absolute atomic E-state index is 0.257. The topological polar surface area (TPSA) is 73.9 Å². The Morgan fingerprint density at radius 2 is 1.96 bits per heavy atom. The van der Waals surface area contributed by atoms with Gasteiger partial charge in [0.25, 0.3) is 5.91 Å². The van der Waals surface area contributed by atoms with E-state index in [4.69, 9.17) is 14.2 Å². The van der Waals surface area contributed by atoms with E-state index in [1.807, 2.05) is 31.2 Å². The fourth-order valence-corrected chi connectivity index (χ4v) is 1.86. The summed E-state index contributed by atoms with van der Waals surface area (Å²) < 4.78 is 15.6. The van der Waals surface area contributed by atoms with E-state index in [0.29, 0.717) is 13.2 Å². The lowest BCUT2D eigenvalue weighted by Crippen LogP contribution is -2.32. The first-order valence-corrected chi connectivity index (χ1v) is 8.38. The Balaban J connectivity index is 2.03. The monoisotopic (exact) mass is 349 g/mol. The molecule has 0 fully saturated rings. The Morgan fingerprint density at radius 1 is 1.24 bits per heavy atom. The predicted octanol–water partition coefficient (Wildman–Crippen LogP) is 2.40. The van der Waals surface area contributed by atoms with Crippen LogP contribution in [0.1, 0.15) is 25.3 Å². The largest absolute Gasteiger partial charge is 0.494 e. The Kier molecular flexibility index (Phi) is 10.0. The number of nitrogens with one attached hydrogen (secondary N) is 1. The van der Waals surface area contributed by atoms with Gasteiger partial charge >= 0.3 is 5.97 Å². The lowest BCUT2D eigenvalue weighted by molar-refractivity contribution is -0.158. The zero-order chi connectivity index (χ0) is 18.5. The molecule has 0 saturated carbocycles. The van der Waals surface area contributed by atoms with Gasteiger partial charge in [0.1, 0.15) is 5.75 Å². The van der Waals surface area contributed by atoms with Crippen molar-refractivity contribution in [1.82, 2.24) is 5.32 Å². The van der Waals surface area contributed by atoms with E-state index in [9.17, 15) is 9.59 Å². The number of carbonyl (C=O) groups excluding carboxylic acids is 2. The van der Waals surface area contributed by atoms with Crippen molar-refractivity contribution in [2.24, 2.45) is 0 Å². The summed E-state index contributed by atoms with van der Waals surface area (Å²) in [6.45, 7) is 8.14. The van der Waals surface area contributed by atoms with Crippen LogP contribution in [0.4, 0.5) is 0 Å². The fraction of sp³-hybridized carbons (Fsp3) is 0.474. The zero-order valence-electron chi connectivity index (χ0n) is 15.0. The average molecular weight is 349 g/mol. The second-order valence-corrected chi connectivity index (χ2v) is 5.59. The van der Waals surface area contributed by atoms with Gasteiger partial charge < -0.3 is 19.5 Å². The lowest BCUT2D eigenvalue weighted by atomic mass is 10.2. The normalized spacial score (nSPS) is 11.4.